The number of anilines is 1. The molecule has 27 heavy (non-hydrogen) atoms. The van der Waals surface area contributed by atoms with E-state index in [4.69, 9.17) is 9.84 Å². The van der Waals surface area contributed by atoms with Crippen LogP contribution in [0.1, 0.15) is 20.7 Å². The van der Waals surface area contributed by atoms with Crippen LogP contribution >= 0.6 is 67.8 Å². The van der Waals surface area contributed by atoms with E-state index in [1.165, 1.54) is 14.2 Å². The first-order valence-electron chi connectivity index (χ1n) is 7.47. The monoisotopic (exact) mass is 717 g/mol. The highest BCUT2D eigenvalue weighted by molar-refractivity contribution is 14.1. The molecular formula is C15H18I3N3O6. The fourth-order valence-corrected chi connectivity index (χ4v) is 6.38. The highest BCUT2D eigenvalue weighted by Crippen LogP contribution is 2.35. The topological polar surface area (TPSA) is 137 Å². The maximum absolute atomic E-state index is 12.7. The van der Waals surface area contributed by atoms with Gasteiger partial charge in [-0.3, -0.25) is 14.4 Å². The zero-order valence-corrected chi connectivity index (χ0v) is 20.8. The zero-order chi connectivity index (χ0) is 20.7. The summed E-state index contributed by atoms with van der Waals surface area (Å²) in [6.45, 7) is -0.838. The third kappa shape index (κ3) is 6.34. The molecule has 1 unspecified atom stereocenters. The molecule has 1 rings (SSSR count). The minimum absolute atomic E-state index is 0.159. The molecule has 1 atom stereocenters. The Bertz CT molecular complexity index is 744. The molecule has 0 aliphatic rings. The van der Waals surface area contributed by atoms with Gasteiger partial charge in [0.2, 0.25) is 5.91 Å². The lowest BCUT2D eigenvalue weighted by molar-refractivity contribution is -0.119. The van der Waals surface area contributed by atoms with E-state index < -0.39 is 30.4 Å². The number of hydrogen-bond acceptors (Lipinski definition) is 6. The van der Waals surface area contributed by atoms with Gasteiger partial charge in [0, 0.05) is 24.3 Å². The third-order valence-electron chi connectivity index (χ3n) is 3.25. The summed E-state index contributed by atoms with van der Waals surface area (Å²) in [6, 6.07) is 0. The number of benzene rings is 1. The maximum Gasteiger partial charge on any atom is 0.253 e. The third-order valence-corrected chi connectivity index (χ3v) is 6.48. The van der Waals surface area contributed by atoms with Crippen LogP contribution in [0.5, 0.6) is 0 Å². The van der Waals surface area contributed by atoms with Crippen LogP contribution < -0.4 is 16.0 Å². The van der Waals surface area contributed by atoms with Gasteiger partial charge in [0.15, 0.2) is 0 Å². The van der Waals surface area contributed by atoms with E-state index in [2.05, 4.69) is 16.0 Å². The summed E-state index contributed by atoms with van der Waals surface area (Å²) in [4.78, 5) is 37.0. The minimum atomic E-state index is -1.10. The van der Waals surface area contributed by atoms with Crippen molar-refractivity contribution in [2.45, 2.75) is 6.10 Å². The molecule has 0 saturated carbocycles. The van der Waals surface area contributed by atoms with Crippen LogP contribution in [-0.2, 0) is 9.53 Å². The summed E-state index contributed by atoms with van der Waals surface area (Å²) in [6.07, 6.45) is -1.10. The van der Waals surface area contributed by atoms with Crippen LogP contribution in [-0.4, -0.2) is 68.0 Å². The number of hydrogen-bond donors (Lipinski definition) is 5. The Kier molecular flexibility index (Phi) is 10.7. The van der Waals surface area contributed by atoms with Crippen LogP contribution in [0.3, 0.4) is 0 Å². The van der Waals surface area contributed by atoms with Crippen molar-refractivity contribution in [3.63, 3.8) is 0 Å². The fourth-order valence-electron chi connectivity index (χ4n) is 1.97. The van der Waals surface area contributed by atoms with Crippen LogP contribution in [0.15, 0.2) is 0 Å². The number of aliphatic hydroxyl groups excluding tert-OH is 2. The molecule has 0 aliphatic carbocycles. The molecule has 1 aromatic rings. The number of ether oxygens (including phenoxy) is 1. The van der Waals surface area contributed by atoms with Crippen molar-refractivity contribution >= 4 is 91.2 Å². The molecule has 5 N–H and O–H groups in total. The second kappa shape index (κ2) is 11.6. The molecule has 150 valence electrons. The van der Waals surface area contributed by atoms with Crippen LogP contribution in [0.2, 0.25) is 0 Å². The Labute approximate surface area is 196 Å². The van der Waals surface area contributed by atoms with Gasteiger partial charge < -0.3 is 30.9 Å². The first kappa shape index (κ1) is 24.7. The summed E-state index contributed by atoms with van der Waals surface area (Å²) in [5.41, 5.74) is 0.762. The highest BCUT2D eigenvalue weighted by Gasteiger charge is 2.28. The van der Waals surface area contributed by atoms with Gasteiger partial charge in [-0.05, 0) is 67.8 Å². The van der Waals surface area contributed by atoms with Gasteiger partial charge in [-0.1, -0.05) is 0 Å². The van der Waals surface area contributed by atoms with E-state index in [9.17, 15) is 19.5 Å². The summed E-state index contributed by atoms with van der Waals surface area (Å²) in [7, 11) is 2.84. The molecule has 12 heteroatoms. The van der Waals surface area contributed by atoms with Gasteiger partial charge in [-0.25, -0.2) is 0 Å². The van der Waals surface area contributed by atoms with Gasteiger partial charge in [-0.15, -0.1) is 0 Å². The minimum Gasteiger partial charge on any atom is -0.394 e. The average Bonchev–Trinajstić information content (AvgIpc) is 2.63. The van der Waals surface area contributed by atoms with E-state index in [0.29, 0.717) is 16.4 Å². The van der Waals surface area contributed by atoms with Gasteiger partial charge in [-0.2, -0.15) is 0 Å². The predicted molar refractivity (Wildman–Crippen MR) is 124 cm³/mol. The van der Waals surface area contributed by atoms with E-state index >= 15 is 0 Å². The Morgan fingerprint density at radius 2 is 1.63 bits per heavy atom. The molecule has 0 aliphatic heterocycles. The van der Waals surface area contributed by atoms with E-state index in [0.717, 1.165) is 0 Å². The lowest BCUT2D eigenvalue weighted by atomic mass is 10.1. The zero-order valence-electron chi connectivity index (χ0n) is 14.4. The van der Waals surface area contributed by atoms with Crippen molar-refractivity contribution in [3.05, 3.63) is 21.8 Å². The first-order chi connectivity index (χ1) is 12.7. The molecule has 0 aromatic heterocycles. The summed E-state index contributed by atoms with van der Waals surface area (Å²) < 4.78 is 6.13. The summed E-state index contributed by atoms with van der Waals surface area (Å²) in [5, 5.41) is 26.0. The number of aliphatic hydroxyl groups is 2. The lowest BCUT2D eigenvalue weighted by Gasteiger charge is -2.19. The highest BCUT2D eigenvalue weighted by atomic mass is 127. The fraction of sp³-hybridized carbons (Fsp3) is 0.400. The molecule has 0 fully saturated rings. The summed E-state index contributed by atoms with van der Waals surface area (Å²) >= 11 is 5.76. The Morgan fingerprint density at radius 1 is 1.07 bits per heavy atom. The quantitative estimate of drug-likeness (QED) is 0.249. The maximum atomic E-state index is 12.7. The van der Waals surface area contributed by atoms with Crippen LogP contribution in [0, 0.1) is 10.7 Å². The summed E-state index contributed by atoms with van der Waals surface area (Å²) in [5.74, 6) is -1.38. The van der Waals surface area contributed by atoms with Crippen LogP contribution in [0.4, 0.5) is 5.69 Å². The van der Waals surface area contributed by atoms with E-state index in [1.54, 1.807) is 0 Å². The van der Waals surface area contributed by atoms with Gasteiger partial charge in [0.05, 0.1) is 36.7 Å². The number of carbonyl (C=O) groups excluding carboxylic acids is 3. The van der Waals surface area contributed by atoms with Crippen molar-refractivity contribution in [2.24, 2.45) is 0 Å². The molecular weight excluding hydrogens is 699 g/mol. The van der Waals surface area contributed by atoms with Crippen molar-refractivity contribution in [3.8, 4) is 0 Å². The molecule has 3 amide bonds. The van der Waals surface area contributed by atoms with Crippen molar-refractivity contribution in [1.29, 1.82) is 0 Å². The number of carbonyl (C=O) groups is 3. The van der Waals surface area contributed by atoms with Crippen molar-refractivity contribution in [2.75, 3.05) is 39.2 Å². The number of amides is 3. The molecule has 0 bridgehead atoms. The first-order valence-corrected chi connectivity index (χ1v) is 10.7. The van der Waals surface area contributed by atoms with Crippen LogP contribution in [0.25, 0.3) is 0 Å². The molecule has 0 radical (unpaired) electrons. The standard InChI is InChI=1S/C15H18I3N3O6/c1-19-14(25)8-10(16)9(15(26)20-3-6(23)4-22)12(18)13(11(8)17)21-7(24)5-27-2/h6,22-23H,3-5H2,1-2H3,(H,19,25)(H,20,26)(H,21,24). The Hall–Kier alpha value is -0.300. The number of rotatable bonds is 8. The second-order valence-corrected chi connectivity index (χ2v) is 8.41. The van der Waals surface area contributed by atoms with Gasteiger partial charge >= 0.3 is 0 Å². The second-order valence-electron chi connectivity index (χ2n) is 5.17. The average molecular weight is 717 g/mol. The Morgan fingerprint density at radius 3 is 2.11 bits per heavy atom. The molecule has 1 aromatic carbocycles. The number of nitrogens with one attached hydrogen (secondary N) is 3. The molecule has 0 saturated heterocycles. The van der Waals surface area contributed by atoms with Crippen molar-refractivity contribution < 1.29 is 29.3 Å². The lowest BCUT2D eigenvalue weighted by Crippen LogP contribution is -2.35. The number of halogens is 3. The largest absolute Gasteiger partial charge is 0.394 e. The van der Waals surface area contributed by atoms with Gasteiger partial charge in [0.1, 0.15) is 6.61 Å². The molecule has 0 spiro atoms. The molecule has 0 heterocycles. The van der Waals surface area contributed by atoms with E-state index in [1.807, 2.05) is 67.8 Å². The number of methoxy groups -OCH3 is 1. The Balaban J connectivity index is 3.49. The predicted octanol–water partition coefficient (Wildman–Crippen LogP) is 0.528. The van der Waals surface area contributed by atoms with E-state index in [-0.39, 0.29) is 24.3 Å². The van der Waals surface area contributed by atoms with Gasteiger partial charge in [0.25, 0.3) is 11.8 Å². The van der Waals surface area contributed by atoms with Crippen molar-refractivity contribution in [1.82, 2.24) is 10.6 Å². The SMILES string of the molecule is CNC(=O)c1c(I)c(NC(=O)COC)c(I)c(C(=O)NCC(O)CO)c1I. The molecule has 9 nitrogen and oxygen atoms in total. The smallest absolute Gasteiger partial charge is 0.253 e. The normalized spacial score (nSPS) is 11.7.